The van der Waals surface area contributed by atoms with Gasteiger partial charge in [0.1, 0.15) is 11.5 Å². The highest BCUT2D eigenvalue weighted by molar-refractivity contribution is 5.48. The highest BCUT2D eigenvalue weighted by Crippen LogP contribution is 2.49. The number of aromatic hydroxyl groups is 2. The molecule has 0 aromatic heterocycles. The number of unbranched alkanes of at least 4 members (excludes halogenated alkanes) is 4. The van der Waals surface area contributed by atoms with Gasteiger partial charge in [-0.05, 0) is 86.7 Å². The van der Waals surface area contributed by atoms with Crippen LogP contribution in [0, 0.1) is 10.8 Å². The molecule has 0 atom stereocenters. The van der Waals surface area contributed by atoms with Crippen LogP contribution in [-0.2, 0) is 12.8 Å². The van der Waals surface area contributed by atoms with Crippen molar-refractivity contribution in [3.05, 3.63) is 23.3 Å². The summed E-state index contributed by atoms with van der Waals surface area (Å²) in [5, 5.41) is 20.8. The van der Waals surface area contributed by atoms with Crippen LogP contribution in [-0.4, -0.2) is 10.2 Å². The number of phenolic OH excluding ortho intramolecular Hbond substituents is 2. The smallest absolute Gasteiger partial charge is 0.125 e. The minimum atomic E-state index is 0.266. The van der Waals surface area contributed by atoms with E-state index < -0.39 is 0 Å². The SMILES string of the molecule is CC1(CCCCCc2ccc(O)c(CCCCCC3(C)CC3)c2O)CC1. The topological polar surface area (TPSA) is 40.5 Å². The van der Waals surface area contributed by atoms with Crippen LogP contribution in [0.15, 0.2) is 12.1 Å². The Labute approximate surface area is 160 Å². The van der Waals surface area contributed by atoms with Gasteiger partial charge in [-0.25, -0.2) is 0 Å². The fourth-order valence-electron chi connectivity index (χ4n) is 4.12. The van der Waals surface area contributed by atoms with Crippen LogP contribution in [0.5, 0.6) is 11.5 Å². The molecule has 2 nitrogen and oxygen atoms in total. The summed E-state index contributed by atoms with van der Waals surface area (Å²) in [7, 11) is 0. The maximum Gasteiger partial charge on any atom is 0.125 e. The Hall–Kier alpha value is -1.18. The first-order chi connectivity index (χ1) is 12.4. The van der Waals surface area contributed by atoms with Gasteiger partial charge in [0.15, 0.2) is 0 Å². The second-order valence-electron chi connectivity index (χ2n) is 9.81. The first kappa shape index (κ1) is 19.6. The van der Waals surface area contributed by atoms with E-state index in [1.807, 2.05) is 6.07 Å². The molecule has 0 spiro atoms. The third-order valence-corrected chi connectivity index (χ3v) is 6.98. The Balaban J connectivity index is 1.39. The van der Waals surface area contributed by atoms with Crippen LogP contribution >= 0.6 is 0 Å². The van der Waals surface area contributed by atoms with E-state index >= 15 is 0 Å². The van der Waals surface area contributed by atoms with E-state index in [1.165, 1.54) is 64.2 Å². The van der Waals surface area contributed by atoms with E-state index in [4.69, 9.17) is 0 Å². The second-order valence-corrected chi connectivity index (χ2v) is 9.81. The lowest BCUT2D eigenvalue weighted by Crippen LogP contribution is -1.96. The average molecular weight is 359 g/mol. The molecule has 1 aromatic carbocycles. The van der Waals surface area contributed by atoms with Gasteiger partial charge < -0.3 is 10.2 Å². The molecule has 0 amide bonds. The normalized spacial score (nSPS) is 19.5. The van der Waals surface area contributed by atoms with Crippen LogP contribution in [0.3, 0.4) is 0 Å². The van der Waals surface area contributed by atoms with E-state index in [1.54, 1.807) is 6.07 Å². The van der Waals surface area contributed by atoms with Gasteiger partial charge in [0.05, 0.1) is 0 Å². The van der Waals surface area contributed by atoms with Crippen molar-refractivity contribution in [2.45, 2.75) is 104 Å². The predicted octanol–water partition coefficient (Wildman–Crippen LogP) is 6.90. The lowest BCUT2D eigenvalue weighted by molar-refractivity contribution is 0.426. The van der Waals surface area contributed by atoms with Crippen molar-refractivity contribution >= 4 is 0 Å². The van der Waals surface area contributed by atoms with E-state index in [2.05, 4.69) is 13.8 Å². The molecular formula is C24H38O2. The Morgan fingerprint density at radius 2 is 1.27 bits per heavy atom. The Kier molecular flexibility index (Phi) is 6.20. The Morgan fingerprint density at radius 1 is 0.731 bits per heavy atom. The van der Waals surface area contributed by atoms with Crippen LogP contribution in [0.1, 0.15) is 102 Å². The van der Waals surface area contributed by atoms with Crippen molar-refractivity contribution in [2.75, 3.05) is 0 Å². The number of aryl methyl sites for hydroxylation is 1. The maximum atomic E-state index is 10.6. The molecule has 2 aliphatic carbocycles. The lowest BCUT2D eigenvalue weighted by atomic mass is 9.95. The molecule has 2 saturated carbocycles. The van der Waals surface area contributed by atoms with E-state index in [0.717, 1.165) is 36.8 Å². The molecule has 3 rings (SSSR count). The molecule has 2 heteroatoms. The van der Waals surface area contributed by atoms with Crippen molar-refractivity contribution < 1.29 is 10.2 Å². The summed E-state index contributed by atoms with van der Waals surface area (Å²) in [6.45, 7) is 4.79. The van der Waals surface area contributed by atoms with Crippen LogP contribution in [0.25, 0.3) is 0 Å². The van der Waals surface area contributed by atoms with Gasteiger partial charge in [0.2, 0.25) is 0 Å². The molecular weight excluding hydrogens is 320 g/mol. The average Bonchev–Trinajstić information content (AvgIpc) is 3.52. The summed E-state index contributed by atoms with van der Waals surface area (Å²) in [6.07, 6.45) is 17.2. The molecule has 0 aliphatic heterocycles. The molecule has 0 unspecified atom stereocenters. The Bertz CT molecular complexity index is 596. The standard InChI is InChI=1S/C24H38O2/c1-23(15-16-23)13-7-3-5-9-19-11-12-21(25)20(22(19)26)10-6-4-8-14-24(2)17-18-24/h11-12,25-26H,3-10,13-18H2,1-2H3. The number of hydrogen-bond acceptors (Lipinski definition) is 2. The quantitative estimate of drug-likeness (QED) is 0.399. The minimum absolute atomic E-state index is 0.266. The van der Waals surface area contributed by atoms with Crippen LogP contribution in [0.2, 0.25) is 0 Å². The molecule has 2 N–H and O–H groups in total. The van der Waals surface area contributed by atoms with Crippen molar-refractivity contribution in [3.8, 4) is 11.5 Å². The van der Waals surface area contributed by atoms with Crippen molar-refractivity contribution in [1.29, 1.82) is 0 Å². The zero-order valence-corrected chi connectivity index (χ0v) is 16.9. The molecule has 146 valence electrons. The highest BCUT2D eigenvalue weighted by atomic mass is 16.3. The minimum Gasteiger partial charge on any atom is -0.508 e. The zero-order valence-electron chi connectivity index (χ0n) is 16.9. The van der Waals surface area contributed by atoms with Gasteiger partial charge in [0, 0.05) is 5.56 Å². The van der Waals surface area contributed by atoms with Crippen LogP contribution < -0.4 is 0 Å². The molecule has 2 aliphatic rings. The summed E-state index contributed by atoms with van der Waals surface area (Å²) in [5.41, 5.74) is 3.08. The summed E-state index contributed by atoms with van der Waals surface area (Å²) in [5.74, 6) is 0.621. The highest BCUT2D eigenvalue weighted by Gasteiger charge is 2.36. The molecule has 0 heterocycles. The number of benzene rings is 1. The molecule has 26 heavy (non-hydrogen) atoms. The summed E-state index contributed by atoms with van der Waals surface area (Å²) in [4.78, 5) is 0. The molecule has 0 radical (unpaired) electrons. The predicted molar refractivity (Wildman–Crippen MR) is 109 cm³/mol. The number of hydrogen-bond donors (Lipinski definition) is 2. The van der Waals surface area contributed by atoms with Gasteiger partial charge in [-0.3, -0.25) is 0 Å². The second kappa shape index (κ2) is 8.23. The largest absolute Gasteiger partial charge is 0.508 e. The first-order valence-corrected chi connectivity index (χ1v) is 10.9. The van der Waals surface area contributed by atoms with E-state index in [0.29, 0.717) is 16.6 Å². The van der Waals surface area contributed by atoms with Crippen LogP contribution in [0.4, 0.5) is 0 Å². The summed E-state index contributed by atoms with van der Waals surface area (Å²) in [6, 6.07) is 3.69. The fraction of sp³-hybridized carbons (Fsp3) is 0.750. The van der Waals surface area contributed by atoms with Crippen molar-refractivity contribution in [1.82, 2.24) is 0 Å². The molecule has 0 saturated heterocycles. The lowest BCUT2D eigenvalue weighted by Gasteiger charge is -2.13. The van der Waals surface area contributed by atoms with Gasteiger partial charge in [-0.1, -0.05) is 45.6 Å². The van der Waals surface area contributed by atoms with Crippen molar-refractivity contribution in [3.63, 3.8) is 0 Å². The summed E-state index contributed by atoms with van der Waals surface area (Å²) < 4.78 is 0. The van der Waals surface area contributed by atoms with Gasteiger partial charge in [-0.2, -0.15) is 0 Å². The van der Waals surface area contributed by atoms with Gasteiger partial charge >= 0.3 is 0 Å². The first-order valence-electron chi connectivity index (χ1n) is 10.9. The molecule has 1 aromatic rings. The van der Waals surface area contributed by atoms with Gasteiger partial charge in [0.25, 0.3) is 0 Å². The zero-order chi connectivity index (χ0) is 18.6. The third-order valence-electron chi connectivity index (χ3n) is 6.98. The third kappa shape index (κ3) is 5.66. The van der Waals surface area contributed by atoms with E-state index in [-0.39, 0.29) is 5.75 Å². The molecule has 0 bridgehead atoms. The fourth-order valence-corrected chi connectivity index (χ4v) is 4.12. The maximum absolute atomic E-state index is 10.6. The number of rotatable bonds is 12. The van der Waals surface area contributed by atoms with Crippen molar-refractivity contribution in [2.24, 2.45) is 10.8 Å². The number of phenols is 2. The monoisotopic (exact) mass is 358 g/mol. The Morgan fingerprint density at radius 3 is 1.81 bits per heavy atom. The summed E-state index contributed by atoms with van der Waals surface area (Å²) >= 11 is 0. The van der Waals surface area contributed by atoms with E-state index in [9.17, 15) is 10.2 Å². The molecule has 2 fully saturated rings. The van der Waals surface area contributed by atoms with Gasteiger partial charge in [-0.15, -0.1) is 0 Å².